The maximum absolute atomic E-state index is 12.0. The molecule has 0 aliphatic rings. The molecule has 0 aliphatic heterocycles. The van der Waals surface area contributed by atoms with Crippen molar-refractivity contribution in [1.82, 2.24) is 0 Å². The van der Waals surface area contributed by atoms with Gasteiger partial charge in [-0.15, -0.1) is 0 Å². The minimum absolute atomic E-state index is 0.338. The quantitative estimate of drug-likeness (QED) is 0.673. The number of benzene rings is 2. The lowest BCUT2D eigenvalue weighted by Gasteiger charge is -2.27. The van der Waals surface area contributed by atoms with E-state index in [0.717, 1.165) is 12.2 Å². The third kappa shape index (κ3) is 5.33. The van der Waals surface area contributed by atoms with Gasteiger partial charge in [-0.25, -0.2) is 4.79 Å². The molecule has 0 aliphatic carbocycles. The molecule has 0 saturated carbocycles. The molecule has 0 saturated heterocycles. The average Bonchev–Trinajstić information content (AvgIpc) is 2.62. The van der Waals surface area contributed by atoms with Gasteiger partial charge in [0.1, 0.15) is 0 Å². The summed E-state index contributed by atoms with van der Waals surface area (Å²) in [4.78, 5) is 26.3. The minimum atomic E-state index is -0.543. The van der Waals surface area contributed by atoms with Crippen molar-refractivity contribution in [3.63, 3.8) is 0 Å². The topological polar surface area (TPSA) is 58.6 Å². The zero-order chi connectivity index (χ0) is 19.1. The van der Waals surface area contributed by atoms with E-state index < -0.39 is 5.97 Å². The number of hydrogen-bond donors (Lipinski definition) is 1. The summed E-state index contributed by atoms with van der Waals surface area (Å²) in [5.41, 5.74) is 2.15. The van der Waals surface area contributed by atoms with Crippen LogP contribution in [0.2, 0.25) is 0 Å². The van der Waals surface area contributed by atoms with Crippen LogP contribution in [0.25, 0.3) is 0 Å². The summed E-state index contributed by atoms with van der Waals surface area (Å²) < 4.78 is 5.70. The van der Waals surface area contributed by atoms with Crippen LogP contribution in [0.3, 0.4) is 0 Å². The second-order valence-corrected chi connectivity index (χ2v) is 6.89. The molecule has 0 aromatic heterocycles. The summed E-state index contributed by atoms with van der Waals surface area (Å²) in [5, 5.41) is 2.73. The number of carbonyl (C=O) groups is 2. The third-order valence-electron chi connectivity index (χ3n) is 3.87. The van der Waals surface area contributed by atoms with Gasteiger partial charge < -0.3 is 15.0 Å². The van der Waals surface area contributed by atoms with Crippen LogP contribution in [0.4, 0.5) is 11.4 Å². The maximum atomic E-state index is 12.0. The van der Waals surface area contributed by atoms with Crippen LogP contribution in [0.1, 0.15) is 31.1 Å². The Hall–Kier alpha value is -2.34. The molecule has 0 fully saturated rings. The lowest BCUT2D eigenvalue weighted by atomic mass is 10.2. The molecule has 0 spiro atoms. The lowest BCUT2D eigenvalue weighted by Crippen LogP contribution is -2.30. The van der Waals surface area contributed by atoms with Gasteiger partial charge in [0.2, 0.25) is 0 Å². The second-order valence-electron chi connectivity index (χ2n) is 6.03. The van der Waals surface area contributed by atoms with Crippen molar-refractivity contribution in [2.45, 2.75) is 26.8 Å². The summed E-state index contributed by atoms with van der Waals surface area (Å²) in [6.45, 7) is 6.95. The number of carbonyl (C=O) groups excluding carboxylic acids is 2. The van der Waals surface area contributed by atoms with E-state index >= 15 is 0 Å². The van der Waals surface area contributed by atoms with E-state index in [1.54, 1.807) is 24.3 Å². The first-order chi connectivity index (χ1) is 12.4. The molecule has 0 atom stereocenters. The van der Waals surface area contributed by atoms with Gasteiger partial charge in [-0.1, -0.05) is 12.1 Å². The first-order valence-corrected chi connectivity index (χ1v) is 9.30. The average molecular weight is 419 g/mol. The highest BCUT2D eigenvalue weighted by atomic mass is 79.9. The molecule has 26 heavy (non-hydrogen) atoms. The number of amides is 1. The smallest absolute Gasteiger partial charge is 0.339 e. The van der Waals surface area contributed by atoms with Gasteiger partial charge in [0.15, 0.2) is 6.61 Å². The number of nitrogens with zero attached hydrogens (tertiary/aromatic N) is 1. The van der Waals surface area contributed by atoms with E-state index in [2.05, 4.69) is 46.9 Å². The van der Waals surface area contributed by atoms with E-state index in [1.165, 1.54) is 0 Å². The van der Waals surface area contributed by atoms with Crippen molar-refractivity contribution >= 4 is 39.2 Å². The second kappa shape index (κ2) is 9.38. The van der Waals surface area contributed by atoms with Crippen molar-refractivity contribution in [2.75, 3.05) is 23.4 Å². The Balaban J connectivity index is 1.90. The fraction of sp³-hybridized carbons (Fsp3) is 0.300. The largest absolute Gasteiger partial charge is 0.452 e. The van der Waals surface area contributed by atoms with Crippen LogP contribution in [0.15, 0.2) is 53.0 Å². The van der Waals surface area contributed by atoms with E-state index in [0.29, 0.717) is 21.8 Å². The summed E-state index contributed by atoms with van der Waals surface area (Å²) in [7, 11) is 0. The molecule has 1 amide bonds. The number of anilines is 2. The van der Waals surface area contributed by atoms with Crippen LogP contribution >= 0.6 is 15.9 Å². The highest BCUT2D eigenvalue weighted by Crippen LogP contribution is 2.20. The lowest BCUT2D eigenvalue weighted by molar-refractivity contribution is -0.119. The summed E-state index contributed by atoms with van der Waals surface area (Å²) in [5.74, 6) is -0.923. The fourth-order valence-corrected chi connectivity index (χ4v) is 3.06. The number of rotatable bonds is 7. The third-order valence-corrected chi connectivity index (χ3v) is 4.57. The van der Waals surface area contributed by atoms with Crippen LogP contribution in [-0.2, 0) is 9.53 Å². The summed E-state index contributed by atoms with van der Waals surface area (Å²) >= 11 is 3.29. The number of ether oxygens (including phenoxy) is 1. The van der Waals surface area contributed by atoms with E-state index in [4.69, 9.17) is 4.74 Å². The molecule has 138 valence electrons. The molecule has 0 heterocycles. The fourth-order valence-electron chi connectivity index (χ4n) is 2.61. The normalized spacial score (nSPS) is 10.5. The number of hydrogen-bond acceptors (Lipinski definition) is 4. The van der Waals surface area contributed by atoms with E-state index in [9.17, 15) is 9.59 Å². The molecule has 5 nitrogen and oxygen atoms in total. The molecular formula is C20H23BrN2O3. The van der Waals surface area contributed by atoms with Crippen molar-refractivity contribution in [3.8, 4) is 0 Å². The Morgan fingerprint density at radius 2 is 1.77 bits per heavy atom. The molecular weight excluding hydrogens is 396 g/mol. The first-order valence-electron chi connectivity index (χ1n) is 8.50. The van der Waals surface area contributed by atoms with Crippen molar-refractivity contribution in [3.05, 3.63) is 58.6 Å². The Morgan fingerprint density at radius 1 is 1.12 bits per heavy atom. The molecule has 6 heteroatoms. The Bertz CT molecular complexity index is 760. The van der Waals surface area contributed by atoms with Crippen molar-refractivity contribution in [1.29, 1.82) is 0 Å². The van der Waals surface area contributed by atoms with E-state index in [-0.39, 0.29) is 12.5 Å². The zero-order valence-corrected chi connectivity index (χ0v) is 16.7. The molecule has 0 radical (unpaired) electrons. The van der Waals surface area contributed by atoms with Crippen molar-refractivity contribution in [2.24, 2.45) is 0 Å². The molecule has 2 aromatic rings. The minimum Gasteiger partial charge on any atom is -0.452 e. The highest BCUT2D eigenvalue weighted by molar-refractivity contribution is 9.10. The molecule has 1 N–H and O–H groups in total. The van der Waals surface area contributed by atoms with E-state index in [1.807, 2.05) is 24.3 Å². The van der Waals surface area contributed by atoms with Crippen LogP contribution in [-0.4, -0.2) is 31.1 Å². The zero-order valence-electron chi connectivity index (χ0n) is 15.2. The van der Waals surface area contributed by atoms with Crippen LogP contribution < -0.4 is 10.2 Å². The standard InChI is InChI=1S/C20H23BrN2O3/c1-4-23(14(2)3)16-11-9-15(10-12-16)22-19(24)13-26-20(25)17-7-5-6-8-18(17)21/h5-12,14H,4,13H2,1-3H3,(H,22,24). The Morgan fingerprint density at radius 3 is 2.35 bits per heavy atom. The Kier molecular flexibility index (Phi) is 7.21. The summed E-state index contributed by atoms with van der Waals surface area (Å²) in [6, 6.07) is 14.9. The number of esters is 1. The molecule has 2 rings (SSSR count). The predicted octanol–water partition coefficient (Wildman–Crippen LogP) is 4.48. The molecule has 2 aromatic carbocycles. The van der Waals surface area contributed by atoms with Gasteiger partial charge in [-0.2, -0.15) is 0 Å². The van der Waals surface area contributed by atoms with Crippen LogP contribution in [0, 0.1) is 0 Å². The van der Waals surface area contributed by atoms with Gasteiger partial charge in [0.05, 0.1) is 5.56 Å². The number of nitrogens with one attached hydrogen (secondary N) is 1. The van der Waals surface area contributed by atoms with Crippen molar-refractivity contribution < 1.29 is 14.3 Å². The predicted molar refractivity (Wildman–Crippen MR) is 108 cm³/mol. The van der Waals surface area contributed by atoms with Gasteiger partial charge in [-0.05, 0) is 73.1 Å². The molecule has 0 bridgehead atoms. The maximum Gasteiger partial charge on any atom is 0.339 e. The van der Waals surface area contributed by atoms with Gasteiger partial charge in [0.25, 0.3) is 5.91 Å². The Labute approximate surface area is 162 Å². The SMILES string of the molecule is CCN(c1ccc(NC(=O)COC(=O)c2ccccc2Br)cc1)C(C)C. The summed E-state index contributed by atoms with van der Waals surface area (Å²) in [6.07, 6.45) is 0. The molecule has 0 unspecified atom stereocenters. The monoisotopic (exact) mass is 418 g/mol. The van der Waals surface area contributed by atoms with Gasteiger partial charge in [-0.3, -0.25) is 4.79 Å². The highest BCUT2D eigenvalue weighted by Gasteiger charge is 2.13. The van der Waals surface area contributed by atoms with Gasteiger partial charge in [0, 0.05) is 28.4 Å². The number of halogens is 1. The van der Waals surface area contributed by atoms with Crippen LogP contribution in [0.5, 0.6) is 0 Å². The van der Waals surface area contributed by atoms with Gasteiger partial charge >= 0.3 is 5.97 Å². The first kappa shape index (κ1) is 20.0.